The van der Waals surface area contributed by atoms with Crippen LogP contribution in [0.1, 0.15) is 83.6 Å². The van der Waals surface area contributed by atoms with E-state index in [4.69, 9.17) is 4.74 Å². The molecule has 0 heterocycles. The number of allylic oxidation sites excluding steroid dienone is 2. The van der Waals surface area contributed by atoms with E-state index >= 15 is 0 Å². The maximum atomic E-state index is 14.3. The fourth-order valence-electron chi connectivity index (χ4n) is 5.00. The Morgan fingerprint density at radius 3 is 1.93 bits per heavy atom. The van der Waals surface area contributed by atoms with E-state index in [9.17, 15) is 8.78 Å². The molecular weight excluding hydrogens is 342 g/mol. The molecule has 2 aliphatic carbocycles. The van der Waals surface area contributed by atoms with Crippen LogP contribution in [0, 0.1) is 29.4 Å². The molecule has 0 spiro atoms. The van der Waals surface area contributed by atoms with Gasteiger partial charge in [-0.25, -0.2) is 4.39 Å². The van der Waals surface area contributed by atoms with Gasteiger partial charge in [0.2, 0.25) is 5.82 Å². The molecule has 27 heavy (non-hydrogen) atoms. The molecule has 0 unspecified atom stereocenters. The maximum absolute atomic E-state index is 14.3. The zero-order valence-electron chi connectivity index (χ0n) is 17.4. The van der Waals surface area contributed by atoms with Crippen molar-refractivity contribution in [2.75, 3.05) is 7.11 Å². The maximum Gasteiger partial charge on any atom is 0.200 e. The van der Waals surface area contributed by atoms with Crippen molar-refractivity contribution >= 4 is 0 Å². The van der Waals surface area contributed by atoms with E-state index in [0.717, 1.165) is 43.4 Å². The van der Waals surface area contributed by atoms with E-state index in [1.54, 1.807) is 12.1 Å². The Bertz CT molecular complexity index is 595. The van der Waals surface area contributed by atoms with Gasteiger partial charge in [0.15, 0.2) is 11.6 Å². The number of ether oxygens (including phenoxy) is 1. The molecule has 0 radical (unpaired) electrons. The standard InChI is InChI=1S/C22H30F2O.C2H6/c1-3-4-15-5-7-16(8-6-15)17-9-11-18(12-10-17)19-13-14-20(25-2)22(24)21(19)23;1-2/h3-4,13-18H,5-12H2,1-2H3;1-2H3. The molecule has 1 aromatic rings. The topological polar surface area (TPSA) is 9.23 Å². The van der Waals surface area contributed by atoms with E-state index in [2.05, 4.69) is 19.1 Å². The number of rotatable bonds is 4. The monoisotopic (exact) mass is 378 g/mol. The Morgan fingerprint density at radius 2 is 1.41 bits per heavy atom. The van der Waals surface area contributed by atoms with E-state index in [1.165, 1.54) is 32.8 Å². The van der Waals surface area contributed by atoms with Gasteiger partial charge in [0.1, 0.15) is 0 Å². The van der Waals surface area contributed by atoms with Crippen molar-refractivity contribution in [2.24, 2.45) is 17.8 Å². The van der Waals surface area contributed by atoms with Crippen molar-refractivity contribution in [3.05, 3.63) is 41.5 Å². The van der Waals surface area contributed by atoms with Crippen molar-refractivity contribution in [1.29, 1.82) is 0 Å². The summed E-state index contributed by atoms with van der Waals surface area (Å²) in [4.78, 5) is 0. The highest BCUT2D eigenvalue weighted by molar-refractivity contribution is 5.33. The molecule has 0 saturated heterocycles. The zero-order chi connectivity index (χ0) is 19.8. The second-order valence-corrected chi connectivity index (χ2v) is 7.80. The highest BCUT2D eigenvalue weighted by atomic mass is 19.2. The molecule has 1 nitrogen and oxygen atoms in total. The van der Waals surface area contributed by atoms with Crippen molar-refractivity contribution in [3.8, 4) is 5.75 Å². The van der Waals surface area contributed by atoms with Crippen molar-refractivity contribution in [1.82, 2.24) is 0 Å². The minimum absolute atomic E-state index is 0.00664. The van der Waals surface area contributed by atoms with Crippen LogP contribution in [0.2, 0.25) is 0 Å². The first-order chi connectivity index (χ1) is 13.1. The lowest BCUT2D eigenvalue weighted by molar-refractivity contribution is 0.170. The first-order valence-corrected chi connectivity index (χ1v) is 10.8. The Morgan fingerprint density at radius 1 is 0.852 bits per heavy atom. The van der Waals surface area contributed by atoms with Gasteiger partial charge in [-0.15, -0.1) is 0 Å². The third kappa shape index (κ3) is 5.33. The number of hydrogen-bond donors (Lipinski definition) is 0. The molecule has 0 aliphatic heterocycles. The summed E-state index contributed by atoms with van der Waals surface area (Å²) in [5, 5.41) is 0. The van der Waals surface area contributed by atoms with Gasteiger partial charge in [0.25, 0.3) is 0 Å². The third-order valence-electron chi connectivity index (χ3n) is 6.46. The molecule has 2 aliphatic rings. The molecule has 0 aromatic heterocycles. The van der Waals surface area contributed by atoms with Gasteiger partial charge in [0, 0.05) is 0 Å². The molecule has 1 aromatic carbocycles. The summed E-state index contributed by atoms with van der Waals surface area (Å²) in [7, 11) is 1.37. The largest absolute Gasteiger partial charge is 0.494 e. The summed E-state index contributed by atoms with van der Waals surface area (Å²) in [5.74, 6) is 0.964. The molecule has 2 fully saturated rings. The average molecular weight is 379 g/mol. The van der Waals surface area contributed by atoms with Crippen LogP contribution < -0.4 is 4.74 Å². The van der Waals surface area contributed by atoms with Gasteiger partial charge in [-0.3, -0.25) is 0 Å². The molecular formula is C24H36F2O. The predicted molar refractivity (Wildman–Crippen MR) is 109 cm³/mol. The normalized spacial score (nSPS) is 28.5. The van der Waals surface area contributed by atoms with Crippen LogP contribution in [0.3, 0.4) is 0 Å². The summed E-state index contributed by atoms with van der Waals surface area (Å²) in [5.41, 5.74) is 0.536. The van der Waals surface area contributed by atoms with Crippen molar-refractivity contribution < 1.29 is 13.5 Å². The summed E-state index contributed by atoms with van der Waals surface area (Å²) in [6.45, 7) is 6.11. The second kappa shape index (κ2) is 10.8. The average Bonchev–Trinajstić information content (AvgIpc) is 2.73. The first-order valence-electron chi connectivity index (χ1n) is 10.8. The second-order valence-electron chi connectivity index (χ2n) is 7.80. The number of methoxy groups -OCH3 is 1. The summed E-state index contributed by atoms with van der Waals surface area (Å²) in [6, 6.07) is 3.27. The number of benzene rings is 1. The molecule has 0 amide bonds. The summed E-state index contributed by atoms with van der Waals surface area (Å²) in [6.07, 6.45) is 14.1. The highest BCUT2D eigenvalue weighted by Gasteiger charge is 2.32. The van der Waals surface area contributed by atoms with Gasteiger partial charge in [0.05, 0.1) is 7.11 Å². The van der Waals surface area contributed by atoms with Crippen LogP contribution in [0.25, 0.3) is 0 Å². The van der Waals surface area contributed by atoms with Crippen LogP contribution in [0.15, 0.2) is 24.3 Å². The Hall–Kier alpha value is -1.38. The van der Waals surface area contributed by atoms with Crippen LogP contribution >= 0.6 is 0 Å². The molecule has 152 valence electrons. The van der Waals surface area contributed by atoms with E-state index in [1.807, 2.05) is 13.8 Å². The smallest absolute Gasteiger partial charge is 0.200 e. The molecule has 2 saturated carbocycles. The molecule has 0 atom stereocenters. The van der Waals surface area contributed by atoms with Gasteiger partial charge in [-0.1, -0.05) is 32.1 Å². The third-order valence-corrected chi connectivity index (χ3v) is 6.46. The highest BCUT2D eigenvalue weighted by Crippen LogP contribution is 2.45. The quantitative estimate of drug-likeness (QED) is 0.489. The minimum atomic E-state index is -0.843. The molecule has 0 N–H and O–H groups in total. The SMILES string of the molecule is CC.CC=CC1CCC(C2CCC(c3ccc(OC)c(F)c3F)CC2)CC1. The molecule has 3 rings (SSSR count). The lowest BCUT2D eigenvalue weighted by atomic mass is 9.68. The lowest BCUT2D eigenvalue weighted by Crippen LogP contribution is -2.25. The fraction of sp³-hybridized carbons (Fsp3) is 0.667. The summed E-state index contributed by atoms with van der Waals surface area (Å²) < 4.78 is 33.2. The van der Waals surface area contributed by atoms with Crippen molar-refractivity contribution in [2.45, 2.75) is 78.1 Å². The van der Waals surface area contributed by atoms with E-state index in [0.29, 0.717) is 5.56 Å². The van der Waals surface area contributed by atoms with Crippen LogP contribution in [0.4, 0.5) is 8.78 Å². The lowest BCUT2D eigenvalue weighted by Gasteiger charge is -2.37. The van der Waals surface area contributed by atoms with E-state index in [-0.39, 0.29) is 11.7 Å². The molecule has 3 heteroatoms. The van der Waals surface area contributed by atoms with Gasteiger partial charge in [-0.05, 0) is 93.6 Å². The van der Waals surface area contributed by atoms with Gasteiger partial charge >= 0.3 is 0 Å². The Kier molecular flexibility index (Phi) is 8.79. The Balaban J connectivity index is 0.00000126. The van der Waals surface area contributed by atoms with Crippen LogP contribution in [-0.4, -0.2) is 7.11 Å². The number of hydrogen-bond acceptors (Lipinski definition) is 1. The first kappa shape index (κ1) is 21.9. The fourth-order valence-corrected chi connectivity index (χ4v) is 5.00. The van der Waals surface area contributed by atoms with Crippen molar-refractivity contribution in [3.63, 3.8) is 0 Å². The van der Waals surface area contributed by atoms with E-state index < -0.39 is 11.6 Å². The van der Waals surface area contributed by atoms with Crippen LogP contribution in [-0.2, 0) is 0 Å². The minimum Gasteiger partial charge on any atom is -0.494 e. The molecule has 0 bridgehead atoms. The zero-order valence-corrected chi connectivity index (χ0v) is 17.4. The van der Waals surface area contributed by atoms with Crippen LogP contribution in [0.5, 0.6) is 5.75 Å². The van der Waals surface area contributed by atoms with Gasteiger partial charge in [-0.2, -0.15) is 4.39 Å². The van der Waals surface area contributed by atoms with Gasteiger partial charge < -0.3 is 4.74 Å². The Labute approximate surface area is 164 Å². The predicted octanol–water partition coefficient (Wildman–Crippen LogP) is 7.66. The summed E-state index contributed by atoms with van der Waals surface area (Å²) >= 11 is 0. The number of halogens is 2.